The number of hydrogen-bond donors (Lipinski definition) is 4. The number of aryl methyl sites for hydroxylation is 1. The summed E-state index contributed by atoms with van der Waals surface area (Å²) in [5, 5.41) is 16.6. The maximum Gasteiger partial charge on any atom is 0.326 e. The fourth-order valence-electron chi connectivity index (χ4n) is 3.28. The third-order valence-corrected chi connectivity index (χ3v) is 4.78. The highest BCUT2D eigenvalue weighted by Crippen LogP contribution is 2.24. The zero-order valence-electron chi connectivity index (χ0n) is 18.7. The largest absolute Gasteiger partial charge is 0.370 e. The van der Waals surface area contributed by atoms with Crippen LogP contribution in [0.1, 0.15) is 32.3 Å². The van der Waals surface area contributed by atoms with Crippen LogP contribution in [-0.2, 0) is 16.1 Å². The van der Waals surface area contributed by atoms with E-state index < -0.39 is 17.8 Å². The number of halogens is 1. The van der Waals surface area contributed by atoms with Crippen molar-refractivity contribution in [2.45, 2.75) is 33.2 Å². The van der Waals surface area contributed by atoms with Crippen molar-refractivity contribution < 1.29 is 18.8 Å². The Morgan fingerprint density at radius 3 is 2.56 bits per heavy atom. The molecule has 10 nitrogen and oxygen atoms in total. The van der Waals surface area contributed by atoms with Crippen LogP contribution in [0.3, 0.4) is 0 Å². The smallest absolute Gasteiger partial charge is 0.326 e. The van der Waals surface area contributed by atoms with E-state index >= 15 is 0 Å². The molecular weight excluding hydrogens is 441 g/mol. The van der Waals surface area contributed by atoms with Crippen LogP contribution in [0.15, 0.2) is 36.4 Å². The number of primary amides is 1. The standard InChI is InChI=1S/C23H24FN7O3/c1-13(2)9-21(33)27-15-4-6-19-18(11-15)28-22(31(19)8-7-20(26)32)30-23(34)29-17-5-3-14(12-25)10-16(17)24/h3-6,10-11,13H,7-9H2,1-2H3,(H2,26,32)(H,27,33)(H2,28,29,30,34). The van der Waals surface area contributed by atoms with E-state index in [1.54, 1.807) is 22.8 Å². The number of nitrogens with one attached hydrogen (secondary N) is 3. The molecule has 3 aromatic rings. The molecule has 176 valence electrons. The van der Waals surface area contributed by atoms with Crippen molar-refractivity contribution in [1.82, 2.24) is 9.55 Å². The van der Waals surface area contributed by atoms with E-state index in [2.05, 4.69) is 20.9 Å². The molecule has 0 spiro atoms. The van der Waals surface area contributed by atoms with Crippen LogP contribution in [-0.4, -0.2) is 27.4 Å². The SMILES string of the molecule is CC(C)CC(=O)Nc1ccc2c(c1)nc(NC(=O)Nc1ccc(C#N)cc1F)n2CCC(N)=O. The lowest BCUT2D eigenvalue weighted by atomic mass is 10.1. The average molecular weight is 465 g/mol. The van der Waals surface area contributed by atoms with Crippen LogP contribution >= 0.6 is 0 Å². The minimum absolute atomic E-state index is 0.00111. The van der Waals surface area contributed by atoms with Gasteiger partial charge in [0.1, 0.15) is 5.82 Å². The molecule has 0 saturated carbocycles. The Morgan fingerprint density at radius 1 is 1.15 bits per heavy atom. The summed E-state index contributed by atoms with van der Waals surface area (Å²) in [6, 6.07) is 9.74. The number of anilines is 3. The maximum atomic E-state index is 14.1. The number of nitrogens with zero attached hydrogens (tertiary/aromatic N) is 3. The van der Waals surface area contributed by atoms with E-state index in [9.17, 15) is 18.8 Å². The van der Waals surface area contributed by atoms with Gasteiger partial charge >= 0.3 is 6.03 Å². The number of hydrogen-bond acceptors (Lipinski definition) is 5. The first-order valence-corrected chi connectivity index (χ1v) is 10.5. The normalized spacial score (nSPS) is 10.7. The Kier molecular flexibility index (Phi) is 7.43. The molecule has 0 bridgehead atoms. The van der Waals surface area contributed by atoms with Crippen molar-refractivity contribution in [3.63, 3.8) is 0 Å². The highest BCUT2D eigenvalue weighted by molar-refractivity contribution is 6.00. The number of benzene rings is 2. The van der Waals surface area contributed by atoms with Gasteiger partial charge in [-0.25, -0.2) is 14.2 Å². The van der Waals surface area contributed by atoms with Gasteiger partial charge in [-0.05, 0) is 42.3 Å². The van der Waals surface area contributed by atoms with Gasteiger partial charge in [-0.3, -0.25) is 14.9 Å². The van der Waals surface area contributed by atoms with Crippen molar-refractivity contribution in [1.29, 1.82) is 5.26 Å². The van der Waals surface area contributed by atoms with Gasteiger partial charge in [0.15, 0.2) is 0 Å². The fourth-order valence-corrected chi connectivity index (χ4v) is 3.28. The van der Waals surface area contributed by atoms with Crippen molar-refractivity contribution in [2.24, 2.45) is 11.7 Å². The summed E-state index contributed by atoms with van der Waals surface area (Å²) in [5.41, 5.74) is 6.88. The van der Waals surface area contributed by atoms with Crippen molar-refractivity contribution in [3.05, 3.63) is 47.8 Å². The number of carbonyl (C=O) groups excluding carboxylic acids is 3. The molecule has 0 aliphatic carbocycles. The number of nitriles is 1. The lowest BCUT2D eigenvalue weighted by Crippen LogP contribution is -2.23. The highest BCUT2D eigenvalue weighted by Gasteiger charge is 2.16. The van der Waals surface area contributed by atoms with E-state index in [-0.39, 0.29) is 42.0 Å². The topological polar surface area (TPSA) is 155 Å². The molecule has 0 aliphatic rings. The molecule has 0 unspecified atom stereocenters. The van der Waals surface area contributed by atoms with Crippen molar-refractivity contribution >= 4 is 46.2 Å². The number of urea groups is 1. The maximum absolute atomic E-state index is 14.1. The van der Waals surface area contributed by atoms with E-state index in [4.69, 9.17) is 11.0 Å². The Labute approximate surface area is 194 Å². The molecule has 3 rings (SSSR count). The second-order valence-corrected chi connectivity index (χ2v) is 8.04. The predicted molar refractivity (Wildman–Crippen MR) is 125 cm³/mol. The average Bonchev–Trinajstić information content (AvgIpc) is 3.08. The summed E-state index contributed by atoms with van der Waals surface area (Å²) in [6.07, 6.45) is 0.364. The minimum Gasteiger partial charge on any atom is -0.370 e. The third-order valence-electron chi connectivity index (χ3n) is 4.78. The summed E-state index contributed by atoms with van der Waals surface area (Å²) in [6.45, 7) is 4.03. The van der Waals surface area contributed by atoms with Gasteiger partial charge in [0.25, 0.3) is 0 Å². The Morgan fingerprint density at radius 2 is 1.91 bits per heavy atom. The predicted octanol–water partition coefficient (Wildman–Crippen LogP) is 3.55. The van der Waals surface area contributed by atoms with Gasteiger partial charge in [-0.1, -0.05) is 13.8 Å². The second kappa shape index (κ2) is 10.4. The van der Waals surface area contributed by atoms with Crippen LogP contribution in [0.25, 0.3) is 11.0 Å². The quantitative estimate of drug-likeness (QED) is 0.400. The summed E-state index contributed by atoms with van der Waals surface area (Å²) < 4.78 is 15.7. The molecule has 0 fully saturated rings. The lowest BCUT2D eigenvalue weighted by Gasteiger charge is -2.11. The van der Waals surface area contributed by atoms with Crippen LogP contribution in [0.2, 0.25) is 0 Å². The number of fused-ring (bicyclic) bond motifs is 1. The van der Waals surface area contributed by atoms with Crippen molar-refractivity contribution in [3.8, 4) is 6.07 Å². The first-order valence-electron chi connectivity index (χ1n) is 10.5. The first kappa shape index (κ1) is 24.2. The summed E-state index contributed by atoms with van der Waals surface area (Å²) in [5.74, 6) is -1.13. The molecule has 1 aromatic heterocycles. The number of imidazole rings is 1. The first-order chi connectivity index (χ1) is 16.2. The van der Waals surface area contributed by atoms with Crippen molar-refractivity contribution in [2.75, 3.05) is 16.0 Å². The number of aromatic nitrogens is 2. The van der Waals surface area contributed by atoms with E-state index in [1.807, 2.05) is 19.9 Å². The minimum atomic E-state index is -0.773. The van der Waals surface area contributed by atoms with Gasteiger partial charge in [0.05, 0.1) is 28.4 Å². The zero-order valence-corrected chi connectivity index (χ0v) is 18.7. The molecule has 11 heteroatoms. The Balaban J connectivity index is 1.86. The van der Waals surface area contributed by atoms with Crippen LogP contribution in [0.4, 0.5) is 26.5 Å². The van der Waals surface area contributed by atoms with E-state index in [1.165, 1.54) is 12.1 Å². The lowest BCUT2D eigenvalue weighted by molar-refractivity contribution is -0.118. The number of rotatable bonds is 8. The van der Waals surface area contributed by atoms with Gasteiger partial charge in [0, 0.05) is 25.1 Å². The van der Waals surface area contributed by atoms with E-state index in [0.717, 1.165) is 6.07 Å². The molecule has 0 radical (unpaired) electrons. The van der Waals surface area contributed by atoms with E-state index in [0.29, 0.717) is 23.1 Å². The van der Waals surface area contributed by atoms with Gasteiger partial charge in [0.2, 0.25) is 17.8 Å². The molecule has 34 heavy (non-hydrogen) atoms. The second-order valence-electron chi connectivity index (χ2n) is 8.04. The van der Waals surface area contributed by atoms with Gasteiger partial charge in [-0.2, -0.15) is 5.26 Å². The van der Waals surface area contributed by atoms with Gasteiger partial charge in [-0.15, -0.1) is 0 Å². The number of amides is 4. The molecule has 1 heterocycles. The fraction of sp³-hybridized carbons (Fsp3) is 0.261. The number of nitrogens with two attached hydrogens (primary N) is 1. The van der Waals surface area contributed by atoms with Crippen LogP contribution < -0.4 is 21.7 Å². The molecular formula is C23H24FN7O3. The zero-order chi connectivity index (χ0) is 24.8. The van der Waals surface area contributed by atoms with Crippen LogP contribution in [0, 0.1) is 23.1 Å². The monoisotopic (exact) mass is 465 g/mol. The van der Waals surface area contributed by atoms with Gasteiger partial charge < -0.3 is 20.9 Å². The Bertz CT molecular complexity index is 1290. The molecule has 0 saturated heterocycles. The van der Waals surface area contributed by atoms with Crippen LogP contribution in [0.5, 0.6) is 0 Å². The summed E-state index contributed by atoms with van der Waals surface area (Å²) in [4.78, 5) is 40.3. The highest BCUT2D eigenvalue weighted by atomic mass is 19.1. The molecule has 4 amide bonds. The Hall–Kier alpha value is -4.46. The molecule has 0 atom stereocenters. The third kappa shape index (κ3) is 6.07. The molecule has 2 aromatic carbocycles. The molecule has 5 N–H and O–H groups in total. The molecule has 0 aliphatic heterocycles. The number of carbonyl (C=O) groups is 3. The summed E-state index contributed by atoms with van der Waals surface area (Å²) >= 11 is 0. The summed E-state index contributed by atoms with van der Waals surface area (Å²) in [7, 11) is 0.